The first-order valence-corrected chi connectivity index (χ1v) is 7.97. The van der Waals surface area contributed by atoms with Gasteiger partial charge in [0.1, 0.15) is 6.10 Å². The number of carbonyl (C=O) groups excluding carboxylic acids is 1. The van der Waals surface area contributed by atoms with Crippen molar-refractivity contribution in [3.8, 4) is 0 Å². The first-order chi connectivity index (χ1) is 9.20. The molecule has 0 saturated heterocycles. The highest BCUT2D eigenvalue weighted by molar-refractivity contribution is 7.12. The Labute approximate surface area is 120 Å². The number of aliphatic hydroxyl groups excluding tert-OH is 1. The van der Waals surface area contributed by atoms with Gasteiger partial charge in [-0.05, 0) is 30.0 Å². The van der Waals surface area contributed by atoms with Crippen LogP contribution in [0.1, 0.15) is 40.5 Å². The Balaban J connectivity index is 1.94. The molecule has 1 amide bonds. The largest absolute Gasteiger partial charge is 0.382 e. The number of carbonyl (C=O) groups is 1. The van der Waals surface area contributed by atoms with Crippen molar-refractivity contribution in [2.75, 3.05) is 0 Å². The van der Waals surface area contributed by atoms with E-state index in [4.69, 9.17) is 0 Å². The Morgan fingerprint density at radius 2 is 2.21 bits per heavy atom. The van der Waals surface area contributed by atoms with Gasteiger partial charge in [-0.1, -0.05) is 13.0 Å². The van der Waals surface area contributed by atoms with Crippen molar-refractivity contribution in [3.63, 3.8) is 0 Å². The van der Waals surface area contributed by atoms with Crippen molar-refractivity contribution < 1.29 is 9.90 Å². The fourth-order valence-electron chi connectivity index (χ4n) is 1.72. The van der Waals surface area contributed by atoms with Gasteiger partial charge in [0.25, 0.3) is 0 Å². The topological polar surface area (TPSA) is 49.3 Å². The van der Waals surface area contributed by atoms with Crippen molar-refractivity contribution >= 4 is 28.6 Å². The van der Waals surface area contributed by atoms with Gasteiger partial charge in [-0.15, -0.1) is 22.7 Å². The van der Waals surface area contributed by atoms with E-state index in [1.807, 2.05) is 36.6 Å². The van der Waals surface area contributed by atoms with Crippen LogP contribution >= 0.6 is 22.7 Å². The minimum absolute atomic E-state index is 0.0799. The van der Waals surface area contributed by atoms with Crippen LogP contribution in [0.25, 0.3) is 0 Å². The van der Waals surface area contributed by atoms with Crippen LogP contribution < -0.4 is 5.32 Å². The second-order valence-electron chi connectivity index (χ2n) is 4.25. The number of thiophene rings is 2. The standard InChI is InChI=1S/C14H17NO2S2/c1-2-4-13(16)15-9-10-6-7-12(19-10)14(17)11-5-3-8-18-11/h3,5-8,14,17H,2,4,9H2,1H3,(H,15,16). The molecule has 102 valence electrons. The normalized spacial score (nSPS) is 12.3. The Bertz CT molecular complexity index is 519. The quantitative estimate of drug-likeness (QED) is 0.859. The molecular weight excluding hydrogens is 278 g/mol. The molecule has 2 N–H and O–H groups in total. The molecule has 0 saturated carbocycles. The Hall–Kier alpha value is -1.17. The molecule has 2 heterocycles. The van der Waals surface area contributed by atoms with Gasteiger partial charge >= 0.3 is 0 Å². The number of hydrogen-bond acceptors (Lipinski definition) is 4. The van der Waals surface area contributed by atoms with Crippen LogP contribution in [-0.4, -0.2) is 11.0 Å². The van der Waals surface area contributed by atoms with Gasteiger partial charge in [-0.25, -0.2) is 0 Å². The first-order valence-electron chi connectivity index (χ1n) is 6.27. The summed E-state index contributed by atoms with van der Waals surface area (Å²) in [5, 5.41) is 15.0. The van der Waals surface area contributed by atoms with Gasteiger partial charge in [0.2, 0.25) is 5.91 Å². The molecule has 2 aromatic rings. The zero-order valence-corrected chi connectivity index (χ0v) is 12.4. The molecule has 0 aliphatic carbocycles. The van der Waals surface area contributed by atoms with E-state index in [0.717, 1.165) is 21.1 Å². The summed E-state index contributed by atoms with van der Waals surface area (Å²) in [6.45, 7) is 2.53. The Morgan fingerprint density at radius 3 is 2.89 bits per heavy atom. The summed E-state index contributed by atoms with van der Waals surface area (Å²) < 4.78 is 0. The average molecular weight is 295 g/mol. The fraction of sp³-hybridized carbons (Fsp3) is 0.357. The monoisotopic (exact) mass is 295 g/mol. The summed E-state index contributed by atoms with van der Waals surface area (Å²) in [5.74, 6) is 0.0799. The summed E-state index contributed by atoms with van der Waals surface area (Å²) in [6.07, 6.45) is 0.874. The Morgan fingerprint density at radius 1 is 1.37 bits per heavy atom. The SMILES string of the molecule is CCCC(=O)NCc1ccc(C(O)c2cccs2)s1. The zero-order chi connectivity index (χ0) is 13.7. The van der Waals surface area contributed by atoms with E-state index in [2.05, 4.69) is 5.32 Å². The fourth-order valence-corrected chi connectivity index (χ4v) is 3.48. The molecule has 1 atom stereocenters. The number of nitrogens with one attached hydrogen (secondary N) is 1. The molecule has 0 radical (unpaired) electrons. The predicted octanol–water partition coefficient (Wildman–Crippen LogP) is 3.31. The van der Waals surface area contributed by atoms with E-state index < -0.39 is 6.10 Å². The van der Waals surface area contributed by atoms with Crippen LogP contribution in [0.2, 0.25) is 0 Å². The predicted molar refractivity (Wildman–Crippen MR) is 79.5 cm³/mol. The molecule has 0 aliphatic rings. The summed E-state index contributed by atoms with van der Waals surface area (Å²) in [7, 11) is 0. The van der Waals surface area contributed by atoms with Gasteiger partial charge in [-0.2, -0.15) is 0 Å². The number of aliphatic hydroxyl groups is 1. The summed E-state index contributed by atoms with van der Waals surface area (Å²) >= 11 is 3.09. The van der Waals surface area contributed by atoms with Gasteiger partial charge in [0.05, 0.1) is 6.54 Å². The van der Waals surface area contributed by atoms with E-state index >= 15 is 0 Å². The molecule has 2 rings (SSSR count). The molecule has 0 fully saturated rings. The molecule has 0 bridgehead atoms. The lowest BCUT2D eigenvalue weighted by Gasteiger charge is -2.05. The third kappa shape index (κ3) is 3.89. The van der Waals surface area contributed by atoms with E-state index in [1.165, 1.54) is 0 Å². The van der Waals surface area contributed by atoms with E-state index in [1.54, 1.807) is 22.7 Å². The lowest BCUT2D eigenvalue weighted by molar-refractivity contribution is -0.121. The number of amides is 1. The molecule has 1 unspecified atom stereocenters. The molecule has 5 heteroatoms. The second-order valence-corrected chi connectivity index (χ2v) is 6.43. The highest BCUT2D eigenvalue weighted by Gasteiger charge is 2.14. The molecule has 19 heavy (non-hydrogen) atoms. The molecule has 0 aromatic carbocycles. The molecule has 0 aliphatic heterocycles. The summed E-state index contributed by atoms with van der Waals surface area (Å²) in [4.78, 5) is 14.3. The van der Waals surface area contributed by atoms with Gasteiger partial charge in [-0.3, -0.25) is 4.79 Å². The number of hydrogen-bond donors (Lipinski definition) is 2. The van der Waals surface area contributed by atoms with Gasteiger partial charge < -0.3 is 10.4 Å². The maximum absolute atomic E-state index is 11.4. The summed E-state index contributed by atoms with van der Waals surface area (Å²) in [6, 6.07) is 7.75. The van der Waals surface area contributed by atoms with Crippen molar-refractivity contribution in [3.05, 3.63) is 44.3 Å². The minimum Gasteiger partial charge on any atom is -0.382 e. The maximum Gasteiger partial charge on any atom is 0.220 e. The third-order valence-corrected chi connectivity index (χ3v) is 4.76. The van der Waals surface area contributed by atoms with Crippen molar-refractivity contribution in [2.24, 2.45) is 0 Å². The minimum atomic E-state index is -0.551. The van der Waals surface area contributed by atoms with Crippen molar-refractivity contribution in [1.29, 1.82) is 0 Å². The van der Waals surface area contributed by atoms with Gasteiger partial charge in [0.15, 0.2) is 0 Å². The highest BCUT2D eigenvalue weighted by atomic mass is 32.1. The van der Waals surface area contributed by atoms with Crippen molar-refractivity contribution in [2.45, 2.75) is 32.4 Å². The van der Waals surface area contributed by atoms with Crippen LogP contribution in [0.4, 0.5) is 0 Å². The molecule has 2 aromatic heterocycles. The molecular formula is C14H17NO2S2. The zero-order valence-electron chi connectivity index (χ0n) is 10.8. The smallest absolute Gasteiger partial charge is 0.220 e. The lowest BCUT2D eigenvalue weighted by atomic mass is 10.2. The van der Waals surface area contributed by atoms with Crippen LogP contribution in [0.3, 0.4) is 0 Å². The van der Waals surface area contributed by atoms with Crippen LogP contribution in [-0.2, 0) is 11.3 Å². The van der Waals surface area contributed by atoms with Crippen molar-refractivity contribution in [1.82, 2.24) is 5.32 Å². The third-order valence-electron chi connectivity index (χ3n) is 2.70. The highest BCUT2D eigenvalue weighted by Crippen LogP contribution is 2.30. The first kappa shape index (κ1) is 14.2. The van der Waals surface area contributed by atoms with E-state index in [0.29, 0.717) is 13.0 Å². The lowest BCUT2D eigenvalue weighted by Crippen LogP contribution is -2.21. The van der Waals surface area contributed by atoms with Crippen LogP contribution in [0.5, 0.6) is 0 Å². The average Bonchev–Trinajstić information content (AvgIpc) is 3.07. The van der Waals surface area contributed by atoms with E-state index in [-0.39, 0.29) is 5.91 Å². The maximum atomic E-state index is 11.4. The second kappa shape index (κ2) is 6.84. The number of rotatable bonds is 6. The van der Waals surface area contributed by atoms with Crippen LogP contribution in [0.15, 0.2) is 29.6 Å². The Kier molecular flexibility index (Phi) is 5.13. The van der Waals surface area contributed by atoms with E-state index in [9.17, 15) is 9.90 Å². The van der Waals surface area contributed by atoms with Gasteiger partial charge in [0, 0.05) is 21.1 Å². The molecule has 0 spiro atoms. The molecule has 3 nitrogen and oxygen atoms in total. The van der Waals surface area contributed by atoms with Crippen LogP contribution in [0, 0.1) is 0 Å². The summed E-state index contributed by atoms with van der Waals surface area (Å²) in [5.41, 5.74) is 0.